The molecule has 4 rings (SSSR count). The summed E-state index contributed by atoms with van der Waals surface area (Å²) < 4.78 is 17.7. The van der Waals surface area contributed by atoms with Gasteiger partial charge in [0.25, 0.3) is 0 Å². The molecule has 1 unspecified atom stereocenters. The Labute approximate surface area is 155 Å². The van der Waals surface area contributed by atoms with Crippen molar-refractivity contribution >= 4 is 5.69 Å². The maximum Gasteiger partial charge on any atom is 0.164 e. The van der Waals surface area contributed by atoms with Gasteiger partial charge in [-0.25, -0.2) is 5.21 Å². The number of benzene rings is 1. The third-order valence-corrected chi connectivity index (χ3v) is 4.40. The SMILES string of the molecule is Cc1ccc(C(c2ccc(C)o2)c2ccc(-c3cccc([NH+]([O-])O)c3)o2)o1. The minimum atomic E-state index is -0.973. The minimum absolute atomic E-state index is 0.213. The Morgan fingerprint density at radius 3 is 1.96 bits per heavy atom. The van der Waals surface area contributed by atoms with Crippen LogP contribution < -0.4 is 5.23 Å². The normalized spacial score (nSPS) is 12.6. The van der Waals surface area contributed by atoms with Crippen LogP contribution in [0.2, 0.25) is 0 Å². The Bertz CT molecular complexity index is 1020. The topological polar surface area (TPSA) is 87.2 Å². The molecule has 1 atom stereocenters. The number of hydrogen-bond acceptors (Lipinski definition) is 5. The van der Waals surface area contributed by atoms with Crippen molar-refractivity contribution in [2.45, 2.75) is 19.8 Å². The fourth-order valence-corrected chi connectivity index (χ4v) is 3.11. The predicted molar refractivity (Wildman–Crippen MR) is 97.8 cm³/mol. The van der Waals surface area contributed by atoms with Crippen molar-refractivity contribution in [2.24, 2.45) is 0 Å². The van der Waals surface area contributed by atoms with Crippen molar-refractivity contribution in [3.8, 4) is 11.3 Å². The molecule has 0 aliphatic carbocycles. The summed E-state index contributed by atoms with van der Waals surface area (Å²) in [6.45, 7) is 3.78. The van der Waals surface area contributed by atoms with Gasteiger partial charge in [0, 0.05) is 17.7 Å². The largest absolute Gasteiger partial charge is 0.595 e. The van der Waals surface area contributed by atoms with Crippen LogP contribution >= 0.6 is 0 Å². The lowest BCUT2D eigenvalue weighted by molar-refractivity contribution is -0.991. The van der Waals surface area contributed by atoms with E-state index in [0.717, 1.165) is 23.0 Å². The molecule has 3 heterocycles. The molecule has 0 aliphatic rings. The molecule has 0 aliphatic heterocycles. The van der Waals surface area contributed by atoms with Gasteiger partial charge in [-0.1, -0.05) is 12.1 Å². The van der Waals surface area contributed by atoms with Crippen molar-refractivity contribution in [2.75, 3.05) is 0 Å². The first-order chi connectivity index (χ1) is 13.0. The third kappa shape index (κ3) is 3.46. The predicted octanol–water partition coefficient (Wildman–Crippen LogP) is 4.33. The molecule has 4 aromatic rings. The highest BCUT2D eigenvalue weighted by molar-refractivity contribution is 5.61. The zero-order valence-electron chi connectivity index (χ0n) is 14.9. The minimum Gasteiger partial charge on any atom is -0.595 e. The number of furan rings is 3. The molecule has 1 aromatic carbocycles. The van der Waals surface area contributed by atoms with Crippen LogP contribution in [0.1, 0.15) is 34.7 Å². The molecule has 0 saturated carbocycles. The second-order valence-corrected chi connectivity index (χ2v) is 6.42. The van der Waals surface area contributed by atoms with Gasteiger partial charge < -0.3 is 18.5 Å². The highest BCUT2D eigenvalue weighted by atomic mass is 16.8. The molecule has 2 N–H and O–H groups in total. The molecule has 3 aromatic heterocycles. The molecule has 0 radical (unpaired) electrons. The van der Waals surface area contributed by atoms with Crippen LogP contribution in [-0.2, 0) is 0 Å². The summed E-state index contributed by atoms with van der Waals surface area (Å²) in [5, 5.41) is 19.4. The molecule has 6 heteroatoms. The van der Waals surface area contributed by atoms with E-state index >= 15 is 0 Å². The number of nitrogens with one attached hydrogen (secondary N) is 1. The lowest BCUT2D eigenvalue weighted by Gasteiger charge is -2.12. The Morgan fingerprint density at radius 2 is 1.41 bits per heavy atom. The highest BCUT2D eigenvalue weighted by Crippen LogP contribution is 2.37. The molecule has 0 fully saturated rings. The molecule has 0 bridgehead atoms. The number of hydrogen-bond donors (Lipinski definition) is 2. The second-order valence-electron chi connectivity index (χ2n) is 6.42. The van der Waals surface area contributed by atoms with E-state index in [2.05, 4.69) is 0 Å². The Morgan fingerprint density at radius 1 is 0.815 bits per heavy atom. The second kappa shape index (κ2) is 6.92. The molecule has 0 spiro atoms. The standard InChI is InChI=1S/C21H19NO5/c1-13-6-8-18(25-13)21(19-9-7-14(2)26-19)20-11-10-17(27-20)15-4-3-5-16(12-15)22(23)24/h3-12,21-23H,1-2H3. The first-order valence-corrected chi connectivity index (χ1v) is 8.57. The van der Waals surface area contributed by atoms with Gasteiger partial charge in [0.15, 0.2) is 5.69 Å². The summed E-state index contributed by atoms with van der Waals surface area (Å²) in [4.78, 5) is 0. The third-order valence-electron chi connectivity index (χ3n) is 4.40. The monoisotopic (exact) mass is 365 g/mol. The first kappa shape index (κ1) is 17.4. The van der Waals surface area contributed by atoms with Gasteiger partial charge in [0.2, 0.25) is 0 Å². The summed E-state index contributed by atoms with van der Waals surface area (Å²) in [5.74, 6) is 3.99. The fraction of sp³-hybridized carbons (Fsp3) is 0.143. The maximum absolute atomic E-state index is 11.2. The van der Waals surface area contributed by atoms with Gasteiger partial charge >= 0.3 is 0 Å². The average Bonchev–Trinajstić information content (AvgIpc) is 3.38. The van der Waals surface area contributed by atoms with Crippen molar-refractivity contribution < 1.29 is 23.7 Å². The van der Waals surface area contributed by atoms with Gasteiger partial charge in [0.05, 0.1) is 0 Å². The summed E-state index contributed by atoms with van der Waals surface area (Å²) in [5.41, 5.74) is 0.913. The Hall–Kier alpha value is -3.06. The molecule has 0 saturated heterocycles. The van der Waals surface area contributed by atoms with Crippen LogP contribution in [0.5, 0.6) is 0 Å². The number of aryl methyl sites for hydroxylation is 2. The Kier molecular flexibility index (Phi) is 4.45. The molecule has 138 valence electrons. The van der Waals surface area contributed by atoms with Gasteiger partial charge in [-0.15, -0.1) is 0 Å². The van der Waals surface area contributed by atoms with E-state index < -0.39 is 5.23 Å². The highest BCUT2D eigenvalue weighted by Gasteiger charge is 2.26. The zero-order valence-corrected chi connectivity index (χ0v) is 14.9. The van der Waals surface area contributed by atoms with Crippen LogP contribution in [0, 0.1) is 19.1 Å². The van der Waals surface area contributed by atoms with Crippen molar-refractivity contribution in [1.29, 1.82) is 0 Å². The maximum atomic E-state index is 11.2. The summed E-state index contributed by atoms with van der Waals surface area (Å²) in [7, 11) is 0. The van der Waals surface area contributed by atoms with Crippen LogP contribution in [0.3, 0.4) is 0 Å². The van der Waals surface area contributed by atoms with E-state index in [0.29, 0.717) is 17.1 Å². The van der Waals surface area contributed by atoms with Crippen molar-refractivity contribution in [1.82, 2.24) is 0 Å². The van der Waals surface area contributed by atoms with Crippen molar-refractivity contribution in [3.05, 3.63) is 94.7 Å². The van der Waals surface area contributed by atoms with Gasteiger partial charge in [-0.3, -0.25) is 0 Å². The fourth-order valence-electron chi connectivity index (χ4n) is 3.11. The quantitative estimate of drug-likeness (QED) is 0.514. The number of rotatable bonds is 5. The lowest BCUT2D eigenvalue weighted by atomic mass is 10.0. The molecule has 0 amide bonds. The van der Waals surface area contributed by atoms with Gasteiger partial charge in [-0.05, 0) is 50.2 Å². The Balaban J connectivity index is 1.75. The van der Waals surface area contributed by atoms with Gasteiger partial charge in [-0.2, -0.15) is 5.23 Å². The summed E-state index contributed by atoms with van der Waals surface area (Å²) >= 11 is 0. The van der Waals surface area contributed by atoms with E-state index in [-0.39, 0.29) is 11.6 Å². The molecule has 6 nitrogen and oxygen atoms in total. The first-order valence-electron chi connectivity index (χ1n) is 8.57. The van der Waals surface area contributed by atoms with E-state index in [1.807, 2.05) is 56.3 Å². The number of quaternary nitrogens is 1. The van der Waals surface area contributed by atoms with E-state index in [9.17, 15) is 10.4 Å². The lowest BCUT2D eigenvalue weighted by Crippen LogP contribution is -2.99. The average molecular weight is 365 g/mol. The zero-order chi connectivity index (χ0) is 19.0. The molecule has 27 heavy (non-hydrogen) atoms. The summed E-state index contributed by atoms with van der Waals surface area (Å²) in [6.07, 6.45) is 0. The molecular formula is C21H19NO5. The van der Waals surface area contributed by atoms with E-state index in [1.165, 1.54) is 0 Å². The summed E-state index contributed by atoms with van der Waals surface area (Å²) in [6, 6.07) is 18.0. The smallest absolute Gasteiger partial charge is 0.164 e. The van der Waals surface area contributed by atoms with Crippen LogP contribution in [-0.4, -0.2) is 5.21 Å². The van der Waals surface area contributed by atoms with E-state index in [1.54, 1.807) is 18.2 Å². The van der Waals surface area contributed by atoms with Crippen LogP contribution in [0.15, 0.2) is 73.9 Å². The van der Waals surface area contributed by atoms with Crippen LogP contribution in [0.25, 0.3) is 11.3 Å². The van der Waals surface area contributed by atoms with Crippen LogP contribution in [0.4, 0.5) is 5.69 Å². The van der Waals surface area contributed by atoms with E-state index in [4.69, 9.17) is 13.3 Å². The molecular weight excluding hydrogens is 346 g/mol. The van der Waals surface area contributed by atoms with Gasteiger partial charge in [0.1, 0.15) is 40.5 Å². The van der Waals surface area contributed by atoms with Crippen molar-refractivity contribution in [3.63, 3.8) is 0 Å².